The van der Waals surface area contributed by atoms with Gasteiger partial charge in [-0.15, -0.1) is 0 Å². The highest BCUT2D eigenvalue weighted by Crippen LogP contribution is 2.25. The number of rotatable bonds is 13. The zero-order chi connectivity index (χ0) is 25.9. The van der Waals surface area contributed by atoms with Crippen molar-refractivity contribution >= 4 is 29.5 Å². The molecule has 0 saturated carbocycles. The second kappa shape index (κ2) is 14.0. The van der Waals surface area contributed by atoms with Crippen molar-refractivity contribution in [2.24, 2.45) is 11.7 Å². The number of hydrogen-bond donors (Lipinski definition) is 2. The third kappa shape index (κ3) is 8.08. The maximum atomic E-state index is 14.5. The largest absolute Gasteiger partial charge is 0.493 e. The van der Waals surface area contributed by atoms with E-state index < -0.39 is 23.7 Å². The van der Waals surface area contributed by atoms with E-state index >= 15 is 0 Å². The van der Waals surface area contributed by atoms with Crippen LogP contribution in [-0.4, -0.2) is 59.5 Å². The summed E-state index contributed by atoms with van der Waals surface area (Å²) in [5.74, 6) is 0.457. The van der Waals surface area contributed by atoms with E-state index in [2.05, 4.69) is 27.1 Å². The summed E-state index contributed by atoms with van der Waals surface area (Å²) in [6.45, 7) is 4.46. The van der Waals surface area contributed by atoms with Gasteiger partial charge in [-0.3, -0.25) is 9.59 Å². The van der Waals surface area contributed by atoms with Crippen LogP contribution in [0.5, 0.6) is 5.75 Å². The Morgan fingerprint density at radius 1 is 1.28 bits per heavy atom. The summed E-state index contributed by atoms with van der Waals surface area (Å²) < 4.78 is 20.3. The molecule has 0 aliphatic carbocycles. The van der Waals surface area contributed by atoms with Crippen LogP contribution in [0, 0.1) is 11.7 Å². The molecular formula is C26H36FN5O3S. The first kappa shape index (κ1) is 27.7. The molecule has 1 aliphatic heterocycles. The van der Waals surface area contributed by atoms with Crippen molar-refractivity contribution in [2.75, 3.05) is 36.6 Å². The van der Waals surface area contributed by atoms with Crippen LogP contribution in [0.3, 0.4) is 0 Å². The van der Waals surface area contributed by atoms with Crippen molar-refractivity contribution in [2.45, 2.75) is 51.5 Å². The lowest BCUT2D eigenvalue weighted by Gasteiger charge is -2.32. The van der Waals surface area contributed by atoms with E-state index in [9.17, 15) is 14.0 Å². The number of anilines is 1. The number of nitrogens with two attached hydrogens (primary N) is 1. The van der Waals surface area contributed by atoms with Crippen LogP contribution in [0.2, 0.25) is 0 Å². The van der Waals surface area contributed by atoms with Crippen molar-refractivity contribution in [3.8, 4) is 5.75 Å². The smallest absolute Gasteiger partial charge is 0.254 e. The maximum absolute atomic E-state index is 14.5. The standard InChI is InChI=1S/C26H36FN5O3S/c1-3-18-16-29-26(30-17-18)32-11-8-19(9-12-32)5-4-13-35-20-6-7-21(22(27)15-20)25(34)31-23(24(28)33)10-14-36-2/h6-7,15-17,19,23H,3-5,8-14H2,1-2H3,(H2,28,33)(H,31,34)/t23-/m0/s1. The number of halogens is 1. The maximum Gasteiger partial charge on any atom is 0.254 e. The predicted molar refractivity (Wildman–Crippen MR) is 141 cm³/mol. The van der Waals surface area contributed by atoms with E-state index in [-0.39, 0.29) is 5.56 Å². The molecule has 0 bridgehead atoms. The lowest BCUT2D eigenvalue weighted by molar-refractivity contribution is -0.119. The first-order chi connectivity index (χ1) is 17.4. The molecule has 1 aliphatic rings. The molecule has 1 atom stereocenters. The number of nitrogens with zero attached hydrogens (tertiary/aromatic N) is 3. The van der Waals surface area contributed by atoms with Crippen molar-refractivity contribution in [3.05, 3.63) is 47.5 Å². The lowest BCUT2D eigenvalue weighted by atomic mass is 9.92. The van der Waals surface area contributed by atoms with Crippen LogP contribution in [0.4, 0.5) is 10.3 Å². The Labute approximate surface area is 216 Å². The Balaban J connectivity index is 1.39. The number of nitrogens with one attached hydrogen (secondary N) is 1. The molecule has 3 N–H and O–H groups in total. The molecular weight excluding hydrogens is 481 g/mol. The first-order valence-electron chi connectivity index (χ1n) is 12.5. The normalized spacial score (nSPS) is 14.9. The van der Waals surface area contributed by atoms with Crippen molar-refractivity contribution in [1.82, 2.24) is 15.3 Å². The van der Waals surface area contributed by atoms with Gasteiger partial charge in [0.05, 0.1) is 12.2 Å². The monoisotopic (exact) mass is 517 g/mol. The summed E-state index contributed by atoms with van der Waals surface area (Å²) in [4.78, 5) is 35.2. The van der Waals surface area contributed by atoms with Gasteiger partial charge in [-0.2, -0.15) is 11.8 Å². The van der Waals surface area contributed by atoms with Crippen molar-refractivity contribution in [1.29, 1.82) is 0 Å². The summed E-state index contributed by atoms with van der Waals surface area (Å²) in [6, 6.07) is 3.32. The molecule has 1 aromatic heterocycles. The van der Waals surface area contributed by atoms with Gasteiger partial charge in [0.15, 0.2) is 0 Å². The zero-order valence-electron chi connectivity index (χ0n) is 21.0. The number of carbonyl (C=O) groups is 2. The van der Waals surface area contributed by atoms with Gasteiger partial charge in [-0.05, 0) is 74.1 Å². The number of benzene rings is 1. The van der Waals surface area contributed by atoms with Gasteiger partial charge in [-0.1, -0.05) is 6.92 Å². The second-order valence-electron chi connectivity index (χ2n) is 9.02. The molecule has 0 radical (unpaired) electrons. The summed E-state index contributed by atoms with van der Waals surface area (Å²) in [6.07, 6.45) is 11.1. The van der Waals surface area contributed by atoms with Crippen LogP contribution >= 0.6 is 11.8 Å². The SMILES string of the molecule is CCc1cnc(N2CCC(CCCOc3ccc(C(=O)N[C@@H](CCSC)C(N)=O)c(F)c3)CC2)nc1. The fourth-order valence-corrected chi connectivity index (χ4v) is 4.68. The topological polar surface area (TPSA) is 110 Å². The number of aromatic nitrogens is 2. The Morgan fingerprint density at radius 2 is 2.00 bits per heavy atom. The van der Waals surface area contributed by atoms with Gasteiger partial charge in [0, 0.05) is 31.5 Å². The van der Waals surface area contributed by atoms with Crippen LogP contribution in [-0.2, 0) is 11.2 Å². The highest BCUT2D eigenvalue weighted by atomic mass is 32.2. The molecule has 2 heterocycles. The number of hydrogen-bond acceptors (Lipinski definition) is 7. The molecule has 1 fully saturated rings. The van der Waals surface area contributed by atoms with Gasteiger partial charge in [-0.25, -0.2) is 14.4 Å². The Kier molecular flexibility index (Phi) is 10.8. The second-order valence-corrected chi connectivity index (χ2v) is 10.0. The Bertz CT molecular complexity index is 1000. The molecule has 2 aromatic rings. The predicted octanol–water partition coefficient (Wildman–Crippen LogP) is 3.59. The zero-order valence-corrected chi connectivity index (χ0v) is 21.9. The molecule has 3 rings (SSSR count). The first-order valence-corrected chi connectivity index (χ1v) is 13.9. The van der Waals surface area contributed by atoms with Crippen molar-refractivity contribution < 1.29 is 18.7 Å². The van der Waals surface area contributed by atoms with E-state index in [0.717, 1.165) is 56.7 Å². The number of primary amides is 1. The van der Waals surface area contributed by atoms with E-state index in [1.807, 2.05) is 18.6 Å². The number of aryl methyl sites for hydroxylation is 1. The van der Waals surface area contributed by atoms with Crippen LogP contribution in [0.25, 0.3) is 0 Å². The molecule has 8 nitrogen and oxygen atoms in total. The van der Waals surface area contributed by atoms with Gasteiger partial charge in [0.2, 0.25) is 11.9 Å². The number of piperidine rings is 1. The minimum Gasteiger partial charge on any atom is -0.493 e. The van der Waals surface area contributed by atoms with E-state index in [1.54, 1.807) is 6.07 Å². The number of thioether (sulfide) groups is 1. The highest BCUT2D eigenvalue weighted by Gasteiger charge is 2.22. The average molecular weight is 518 g/mol. The van der Waals surface area contributed by atoms with Crippen LogP contribution in [0.1, 0.15) is 54.9 Å². The fraction of sp³-hybridized carbons (Fsp3) is 0.538. The molecule has 0 unspecified atom stereocenters. The Morgan fingerprint density at radius 3 is 2.61 bits per heavy atom. The molecule has 36 heavy (non-hydrogen) atoms. The molecule has 10 heteroatoms. The molecule has 1 saturated heterocycles. The molecule has 196 valence electrons. The molecule has 1 aromatic carbocycles. The highest BCUT2D eigenvalue weighted by molar-refractivity contribution is 7.98. The summed E-state index contributed by atoms with van der Waals surface area (Å²) in [5.41, 5.74) is 6.35. The summed E-state index contributed by atoms with van der Waals surface area (Å²) in [5, 5.41) is 2.52. The third-order valence-electron chi connectivity index (χ3n) is 6.47. The van der Waals surface area contributed by atoms with Gasteiger partial charge >= 0.3 is 0 Å². The quantitative estimate of drug-likeness (QED) is 0.391. The summed E-state index contributed by atoms with van der Waals surface area (Å²) >= 11 is 1.54. The van der Waals surface area contributed by atoms with E-state index in [1.165, 1.54) is 23.9 Å². The van der Waals surface area contributed by atoms with Crippen molar-refractivity contribution in [3.63, 3.8) is 0 Å². The number of amides is 2. The molecule has 0 spiro atoms. The fourth-order valence-electron chi connectivity index (χ4n) is 4.20. The third-order valence-corrected chi connectivity index (χ3v) is 7.11. The summed E-state index contributed by atoms with van der Waals surface area (Å²) in [7, 11) is 0. The van der Waals surface area contributed by atoms with Gasteiger partial charge in [0.1, 0.15) is 17.6 Å². The Hall–Kier alpha value is -2.88. The number of ether oxygens (including phenoxy) is 1. The number of carbonyl (C=O) groups excluding carboxylic acids is 2. The van der Waals surface area contributed by atoms with Gasteiger partial charge < -0.3 is 20.7 Å². The van der Waals surface area contributed by atoms with Crippen LogP contribution < -0.4 is 20.7 Å². The van der Waals surface area contributed by atoms with Gasteiger partial charge in [0.25, 0.3) is 5.91 Å². The van der Waals surface area contributed by atoms with E-state index in [4.69, 9.17) is 10.5 Å². The molecule has 2 amide bonds. The van der Waals surface area contributed by atoms with E-state index in [0.29, 0.717) is 30.4 Å². The average Bonchev–Trinajstić information content (AvgIpc) is 2.89. The lowest BCUT2D eigenvalue weighted by Crippen LogP contribution is -2.45. The minimum atomic E-state index is -0.832. The van der Waals surface area contributed by atoms with Crippen LogP contribution in [0.15, 0.2) is 30.6 Å². The minimum absolute atomic E-state index is 0.141.